The maximum Gasteiger partial charge on any atom is 0.503 e. The molecule has 7 heteroatoms. The first kappa shape index (κ1) is 39.7. The van der Waals surface area contributed by atoms with Gasteiger partial charge in [0.1, 0.15) is 29.0 Å². The van der Waals surface area contributed by atoms with Gasteiger partial charge in [-0.25, -0.2) is 13.8 Å². The minimum atomic E-state index is -0.636. The van der Waals surface area contributed by atoms with E-state index < -0.39 is 11.6 Å². The van der Waals surface area contributed by atoms with Crippen LogP contribution in [0.25, 0.3) is 49.9 Å². The highest BCUT2D eigenvalue weighted by molar-refractivity contribution is 6.09. The molecule has 1 aliphatic heterocycles. The number of fused-ring (bicyclic) bond motifs is 4. The molecular formula is C56H46F2N4O+2. The number of para-hydroxylation sites is 4. The number of benzene rings is 7. The van der Waals surface area contributed by atoms with Crippen LogP contribution in [0.5, 0.6) is 11.5 Å². The van der Waals surface area contributed by atoms with Crippen LogP contribution in [0.3, 0.4) is 0 Å². The molecule has 0 saturated carbocycles. The van der Waals surface area contributed by atoms with E-state index in [1.165, 1.54) is 23.3 Å². The summed E-state index contributed by atoms with van der Waals surface area (Å²) in [5, 5.41) is 2.24. The minimum absolute atomic E-state index is 0.000434. The number of aromatic nitrogens is 2. The van der Waals surface area contributed by atoms with Crippen LogP contribution >= 0.6 is 0 Å². The zero-order chi connectivity index (χ0) is 43.6. The van der Waals surface area contributed by atoms with Gasteiger partial charge >= 0.3 is 6.01 Å². The molecule has 3 heterocycles. The number of hydrogen-bond donors (Lipinski definition) is 0. The fourth-order valence-electron chi connectivity index (χ4n) is 8.56. The molecule has 0 N–H and O–H groups in total. The molecule has 5 nitrogen and oxygen atoms in total. The van der Waals surface area contributed by atoms with Crippen molar-refractivity contribution in [3.8, 4) is 39.6 Å². The molecule has 0 atom stereocenters. The van der Waals surface area contributed by atoms with E-state index in [-0.39, 0.29) is 10.8 Å². The van der Waals surface area contributed by atoms with E-state index in [0.29, 0.717) is 22.6 Å². The summed E-state index contributed by atoms with van der Waals surface area (Å²) in [6, 6.07) is 56.8. The average Bonchev–Trinajstić information content (AvgIpc) is 3.82. The summed E-state index contributed by atoms with van der Waals surface area (Å²) in [5.41, 5.74) is 10.9. The first-order valence-electron chi connectivity index (χ1n) is 21.2. The van der Waals surface area contributed by atoms with E-state index in [4.69, 9.17) is 9.72 Å². The van der Waals surface area contributed by atoms with E-state index in [2.05, 4.69) is 137 Å². The Bertz CT molecular complexity index is 3320. The molecule has 63 heavy (non-hydrogen) atoms. The van der Waals surface area contributed by atoms with Gasteiger partial charge in [-0.15, -0.1) is 0 Å². The van der Waals surface area contributed by atoms with Gasteiger partial charge in [-0.3, -0.25) is 4.57 Å². The minimum Gasteiger partial charge on any atom is -0.457 e. The van der Waals surface area contributed by atoms with Crippen molar-refractivity contribution in [1.29, 1.82) is 0 Å². The lowest BCUT2D eigenvalue weighted by molar-refractivity contribution is 0.483. The Kier molecular flexibility index (Phi) is 9.54. The molecule has 0 saturated heterocycles. The molecule has 0 radical (unpaired) electrons. The molecule has 1 aliphatic rings. The molecular weight excluding hydrogens is 783 g/mol. The first-order chi connectivity index (χ1) is 30.3. The van der Waals surface area contributed by atoms with E-state index >= 15 is 0 Å². The first-order valence-corrected chi connectivity index (χ1v) is 21.2. The molecule has 0 spiro atoms. The van der Waals surface area contributed by atoms with E-state index in [0.717, 1.165) is 67.6 Å². The van der Waals surface area contributed by atoms with Crippen molar-refractivity contribution in [2.45, 2.75) is 52.4 Å². The SMILES string of the molecule is CC(C)(C)c1ccc(-c2cc(Oc3ccc4c5ccccc5n(-c5cc(C(C)(C)C)ccn5)c4c3)cc([N+]3=C=[N+](c4ccccc4-c4cc(F)cc(F)c4)c4ccccc43)c2)cc1. The summed E-state index contributed by atoms with van der Waals surface area (Å²) in [7, 11) is 0. The maximum absolute atomic E-state index is 14.6. The van der Waals surface area contributed by atoms with Crippen molar-refractivity contribution >= 4 is 50.6 Å². The summed E-state index contributed by atoms with van der Waals surface area (Å²) in [6.45, 7) is 13.3. The average molecular weight is 829 g/mol. The Morgan fingerprint density at radius 1 is 0.508 bits per heavy atom. The molecule has 0 fully saturated rings. The summed E-state index contributed by atoms with van der Waals surface area (Å²) < 4.78 is 42.3. The third-order valence-corrected chi connectivity index (χ3v) is 11.8. The summed E-state index contributed by atoms with van der Waals surface area (Å²) in [5.74, 6) is 0.899. The van der Waals surface area contributed by atoms with Crippen LogP contribution in [0.15, 0.2) is 170 Å². The molecule has 0 amide bonds. The summed E-state index contributed by atoms with van der Waals surface area (Å²) >= 11 is 0. The third kappa shape index (κ3) is 7.41. The zero-order valence-corrected chi connectivity index (χ0v) is 36.1. The van der Waals surface area contributed by atoms with Crippen molar-refractivity contribution in [2.24, 2.45) is 0 Å². The highest BCUT2D eigenvalue weighted by Gasteiger charge is 2.38. The highest BCUT2D eigenvalue weighted by atomic mass is 19.1. The van der Waals surface area contributed by atoms with Crippen molar-refractivity contribution < 1.29 is 13.5 Å². The molecule has 0 aliphatic carbocycles. The van der Waals surface area contributed by atoms with Crippen molar-refractivity contribution in [3.63, 3.8) is 0 Å². The van der Waals surface area contributed by atoms with E-state index in [1.807, 2.05) is 76.0 Å². The number of nitrogens with zero attached hydrogens (tertiary/aromatic N) is 4. The second kappa shape index (κ2) is 15.2. The van der Waals surface area contributed by atoms with Gasteiger partial charge in [0.15, 0.2) is 0 Å². The largest absolute Gasteiger partial charge is 0.503 e. The molecule has 0 bridgehead atoms. The topological polar surface area (TPSA) is 33.1 Å². The standard InChI is InChI=1S/C56H46F2N4O/c1-55(2,3)39-21-19-36(20-22-39)37-29-43(60-35-61(52-18-12-11-17-51(52)60)49-15-9-7-13-46(49)38-27-41(57)32-42(58)28-38)33-45(30-37)63-44-23-24-48-47-14-8-10-16-50(47)62(53(48)34-44)54-31-40(25-26-59-54)56(4,5)6/h7-34H,1-6H3/q+2. The molecule has 7 aromatic carbocycles. The van der Waals surface area contributed by atoms with Gasteiger partial charge in [-0.05, 0) is 102 Å². The summed E-state index contributed by atoms with van der Waals surface area (Å²) in [6.07, 6.45) is 1.89. The molecule has 0 unspecified atom stereocenters. The van der Waals surface area contributed by atoms with Gasteiger partial charge in [0.2, 0.25) is 11.4 Å². The monoisotopic (exact) mass is 828 g/mol. The Morgan fingerprint density at radius 3 is 1.89 bits per heavy atom. The number of pyridine rings is 1. The van der Waals surface area contributed by atoms with Crippen molar-refractivity contribution in [3.05, 3.63) is 193 Å². The van der Waals surface area contributed by atoms with Gasteiger partial charge in [-0.2, -0.15) is 0 Å². The zero-order valence-electron chi connectivity index (χ0n) is 36.1. The molecule has 10 rings (SSSR count). The van der Waals surface area contributed by atoms with Crippen LogP contribution in [0, 0.1) is 11.6 Å². The quantitative estimate of drug-likeness (QED) is 0.150. The number of rotatable bonds is 7. The Labute approximate surface area is 366 Å². The van der Waals surface area contributed by atoms with Gasteiger partial charge in [0, 0.05) is 53.4 Å². The normalized spacial score (nSPS) is 12.7. The Balaban J connectivity index is 1.15. The molecule has 308 valence electrons. The fraction of sp³-hybridized carbons (Fsp3) is 0.143. The fourth-order valence-corrected chi connectivity index (χ4v) is 8.56. The number of hydrogen-bond acceptors (Lipinski definition) is 2. The Hall–Kier alpha value is -7.47. The van der Waals surface area contributed by atoms with Crippen LogP contribution in [0.2, 0.25) is 0 Å². The van der Waals surface area contributed by atoms with Crippen LogP contribution in [-0.2, 0) is 10.8 Å². The lowest BCUT2D eigenvalue weighted by atomic mass is 9.86. The van der Waals surface area contributed by atoms with Crippen LogP contribution in [0.4, 0.5) is 31.5 Å². The number of halogens is 2. The second-order valence-corrected chi connectivity index (χ2v) is 18.3. The Morgan fingerprint density at radius 2 is 1.16 bits per heavy atom. The second-order valence-electron chi connectivity index (χ2n) is 18.3. The lowest BCUT2D eigenvalue weighted by Gasteiger charge is -2.20. The van der Waals surface area contributed by atoms with Gasteiger partial charge in [-0.1, -0.05) is 108 Å². The smallest absolute Gasteiger partial charge is 0.457 e. The maximum atomic E-state index is 14.6. The highest BCUT2D eigenvalue weighted by Crippen LogP contribution is 2.43. The van der Waals surface area contributed by atoms with Crippen LogP contribution in [0.1, 0.15) is 52.7 Å². The predicted molar refractivity (Wildman–Crippen MR) is 254 cm³/mol. The van der Waals surface area contributed by atoms with Gasteiger partial charge < -0.3 is 4.74 Å². The van der Waals surface area contributed by atoms with Crippen molar-refractivity contribution in [1.82, 2.24) is 18.7 Å². The van der Waals surface area contributed by atoms with Crippen LogP contribution < -0.4 is 13.9 Å². The van der Waals surface area contributed by atoms with Gasteiger partial charge in [0.25, 0.3) is 11.4 Å². The third-order valence-electron chi connectivity index (χ3n) is 11.8. The van der Waals surface area contributed by atoms with Gasteiger partial charge in [0.05, 0.1) is 22.7 Å². The van der Waals surface area contributed by atoms with Crippen LogP contribution in [-0.4, -0.2) is 15.6 Å². The van der Waals surface area contributed by atoms with Crippen molar-refractivity contribution in [2.75, 3.05) is 0 Å². The number of ether oxygens (including phenoxy) is 1. The molecule has 2 aromatic heterocycles. The summed E-state index contributed by atoms with van der Waals surface area (Å²) in [4.78, 5) is 4.88. The van der Waals surface area contributed by atoms with E-state index in [9.17, 15) is 8.78 Å². The predicted octanol–water partition coefficient (Wildman–Crippen LogP) is 15.0. The van der Waals surface area contributed by atoms with E-state index in [1.54, 1.807) is 0 Å². The lowest BCUT2D eigenvalue weighted by Crippen LogP contribution is -2.12. The molecule has 9 aromatic rings.